The van der Waals surface area contributed by atoms with E-state index in [0.29, 0.717) is 43.4 Å². The fourth-order valence-corrected chi connectivity index (χ4v) is 7.55. The van der Waals surface area contributed by atoms with Crippen LogP contribution in [0.1, 0.15) is 56.8 Å². The lowest BCUT2D eigenvalue weighted by molar-refractivity contribution is -0.143. The second kappa shape index (κ2) is 14.7. The number of rotatable bonds is 12. The molecule has 2 atom stereocenters. The number of hydrogen-bond donors (Lipinski definition) is 2. The van der Waals surface area contributed by atoms with Crippen molar-refractivity contribution >= 4 is 21.9 Å². The van der Waals surface area contributed by atoms with Crippen molar-refractivity contribution in [3.8, 4) is 11.6 Å². The molecule has 18 heteroatoms. The van der Waals surface area contributed by atoms with Gasteiger partial charge in [0.25, 0.3) is 22.0 Å². The molecule has 266 valence electrons. The highest BCUT2D eigenvalue weighted by molar-refractivity contribution is 7.87. The monoisotopic (exact) mass is 702 g/mol. The number of alkyl halides is 3. The summed E-state index contributed by atoms with van der Waals surface area (Å²) in [5.74, 6) is -1.67. The minimum absolute atomic E-state index is 0.0351. The predicted octanol–water partition coefficient (Wildman–Crippen LogP) is 3.11. The van der Waals surface area contributed by atoms with Gasteiger partial charge in [-0.05, 0) is 70.8 Å². The van der Waals surface area contributed by atoms with E-state index in [4.69, 9.17) is 9.47 Å². The molecular weight excluding hydrogens is 660 g/mol. The molecule has 0 saturated carbocycles. The zero-order valence-corrected chi connectivity index (χ0v) is 28.0. The topological polar surface area (TPSA) is 142 Å². The molecule has 2 N–H and O–H groups in total. The fraction of sp³-hybridized carbons (Fsp3) is 0.667. The van der Waals surface area contributed by atoms with E-state index in [-0.39, 0.29) is 34.8 Å². The number of nitrogens with one attached hydrogen (secondary N) is 2. The molecule has 4 heterocycles. The molecule has 1 spiro atoms. The Morgan fingerprint density at radius 2 is 1.94 bits per heavy atom. The minimum Gasteiger partial charge on any atom is -0.434 e. The summed E-state index contributed by atoms with van der Waals surface area (Å²) in [6.45, 7) is 7.63. The average molecular weight is 703 g/mol. The second-order valence-electron chi connectivity index (χ2n) is 13.0. The lowest BCUT2D eigenvalue weighted by atomic mass is 9.72. The van der Waals surface area contributed by atoms with E-state index in [0.717, 1.165) is 51.0 Å². The largest absolute Gasteiger partial charge is 0.434 e. The third-order valence-corrected chi connectivity index (χ3v) is 10.3. The van der Waals surface area contributed by atoms with Crippen molar-refractivity contribution < 1.29 is 40.2 Å². The van der Waals surface area contributed by atoms with Crippen LogP contribution in [0.5, 0.6) is 11.6 Å². The summed E-state index contributed by atoms with van der Waals surface area (Å²) < 4.78 is 94.9. The maximum Gasteiger partial charge on any atom is 0.406 e. The molecule has 0 unspecified atom stereocenters. The first-order valence-electron chi connectivity index (χ1n) is 16.0. The average Bonchev–Trinajstić information content (AvgIpc) is 3.00. The Bertz CT molecular complexity index is 1530. The van der Waals surface area contributed by atoms with Crippen LogP contribution in [0.2, 0.25) is 0 Å². The molecule has 1 aromatic carbocycles. The molecule has 3 aliphatic heterocycles. The molecule has 48 heavy (non-hydrogen) atoms. The Morgan fingerprint density at radius 1 is 1.21 bits per heavy atom. The molecular formula is C30H42F4N8O5S. The molecule has 3 fully saturated rings. The van der Waals surface area contributed by atoms with Crippen molar-refractivity contribution in [2.24, 2.45) is 5.41 Å². The van der Waals surface area contributed by atoms with E-state index < -0.39 is 40.7 Å². The van der Waals surface area contributed by atoms with Gasteiger partial charge in [0.15, 0.2) is 5.82 Å². The van der Waals surface area contributed by atoms with Crippen LogP contribution in [0.25, 0.3) is 0 Å². The summed E-state index contributed by atoms with van der Waals surface area (Å²) in [6.07, 6.45) is -0.00466. The molecule has 3 aliphatic rings. The second-order valence-corrected chi connectivity index (χ2v) is 14.5. The van der Waals surface area contributed by atoms with E-state index >= 15 is 0 Å². The molecule has 5 rings (SSSR count). The van der Waals surface area contributed by atoms with Crippen molar-refractivity contribution in [2.75, 3.05) is 57.3 Å². The summed E-state index contributed by atoms with van der Waals surface area (Å²) in [5.41, 5.74) is -0.321. The predicted molar refractivity (Wildman–Crippen MR) is 167 cm³/mol. The quantitative estimate of drug-likeness (QED) is 0.317. The van der Waals surface area contributed by atoms with Gasteiger partial charge in [-0.1, -0.05) is 6.92 Å². The Kier molecular flexibility index (Phi) is 11.1. The van der Waals surface area contributed by atoms with Gasteiger partial charge < -0.3 is 24.2 Å². The van der Waals surface area contributed by atoms with Crippen LogP contribution < -0.4 is 19.1 Å². The summed E-state index contributed by atoms with van der Waals surface area (Å²) in [6, 6.07) is 2.02. The zero-order valence-electron chi connectivity index (χ0n) is 27.2. The van der Waals surface area contributed by atoms with Gasteiger partial charge in [-0.2, -0.15) is 26.3 Å². The summed E-state index contributed by atoms with van der Waals surface area (Å²) in [4.78, 5) is 22.5. The Labute approximate surface area is 277 Å². The van der Waals surface area contributed by atoms with Crippen LogP contribution in [0, 0.1) is 11.2 Å². The smallest absolute Gasteiger partial charge is 0.406 e. The highest BCUT2D eigenvalue weighted by Crippen LogP contribution is 2.44. The number of carbonyl (C=O) groups excluding carboxylic acids is 1. The van der Waals surface area contributed by atoms with Gasteiger partial charge in [-0.25, -0.2) is 14.1 Å². The molecule has 0 radical (unpaired) electrons. The summed E-state index contributed by atoms with van der Waals surface area (Å²) in [5, 5.41) is 7.84. The van der Waals surface area contributed by atoms with E-state index in [1.807, 2.05) is 4.90 Å². The number of likely N-dealkylation sites (tertiary alicyclic amines) is 1. The number of nitrogens with zero attached hydrogens (tertiary/aromatic N) is 6. The number of amides is 1. The number of hydrogen-bond acceptors (Lipinski definition) is 10. The molecule has 0 aliphatic carbocycles. The lowest BCUT2D eigenvalue weighted by Crippen LogP contribution is -2.61. The van der Waals surface area contributed by atoms with Crippen molar-refractivity contribution in [1.29, 1.82) is 0 Å². The van der Waals surface area contributed by atoms with Crippen LogP contribution in [0.4, 0.5) is 23.4 Å². The van der Waals surface area contributed by atoms with Crippen molar-refractivity contribution in [3.05, 3.63) is 35.9 Å². The number of carbonyl (C=O) groups is 1. The van der Waals surface area contributed by atoms with E-state index in [2.05, 4.69) is 29.5 Å². The van der Waals surface area contributed by atoms with E-state index in [1.54, 1.807) is 6.92 Å². The molecule has 2 aromatic rings. The number of benzene rings is 1. The van der Waals surface area contributed by atoms with E-state index in [1.165, 1.54) is 26.2 Å². The first-order valence-corrected chi connectivity index (χ1v) is 17.5. The first-order chi connectivity index (χ1) is 22.7. The highest BCUT2D eigenvalue weighted by Gasteiger charge is 2.47. The van der Waals surface area contributed by atoms with Gasteiger partial charge in [0.2, 0.25) is 0 Å². The first kappa shape index (κ1) is 36.1. The highest BCUT2D eigenvalue weighted by atomic mass is 32.2. The van der Waals surface area contributed by atoms with E-state index in [9.17, 15) is 30.8 Å². The van der Waals surface area contributed by atoms with Gasteiger partial charge in [-0.3, -0.25) is 4.79 Å². The molecule has 13 nitrogen and oxygen atoms in total. The maximum atomic E-state index is 14.2. The van der Waals surface area contributed by atoms with Crippen molar-refractivity contribution in [2.45, 2.75) is 70.8 Å². The van der Waals surface area contributed by atoms with Crippen molar-refractivity contribution in [3.63, 3.8) is 0 Å². The SMILES string of the molecule is CCNS(=O)(=O)N[C@H]1CC[C@H](CN2CCC3(CC2)CN(c2ncnnc2Oc2ccc(F)cc2C(=O)N(CC(F)(F)F)C(C)C)C3)OC1. The molecule has 1 amide bonds. The maximum absolute atomic E-state index is 14.2. The third kappa shape index (κ3) is 9.07. The minimum atomic E-state index is -4.65. The van der Waals surface area contributed by atoms with Gasteiger partial charge in [0.05, 0.1) is 18.3 Å². The third-order valence-electron chi connectivity index (χ3n) is 8.94. The van der Waals surface area contributed by atoms with Crippen LogP contribution in [-0.4, -0.2) is 116 Å². The Hall–Kier alpha value is -3.19. The number of halogens is 4. The standard InChI is InChI=1S/C30H42F4N8O5S/c1-4-37-48(44,45)39-22-6-7-23(46-15-22)14-40-11-9-29(10-12-40)16-41(17-29)26-27(38-36-19-35-26)47-25-8-5-21(31)13-24(25)28(43)42(20(2)3)18-30(32,33)34/h5,8,13,19-20,22-23,37,39H,4,6-7,9-12,14-18H2,1-3H3/t22-,23+/m0/s1. The molecule has 0 bridgehead atoms. The molecule has 1 aromatic heterocycles. The Balaban J connectivity index is 1.16. The van der Waals surface area contributed by atoms with Crippen molar-refractivity contribution in [1.82, 2.24) is 34.4 Å². The number of piperidine rings is 1. The summed E-state index contributed by atoms with van der Waals surface area (Å²) in [7, 11) is -3.52. The summed E-state index contributed by atoms with van der Waals surface area (Å²) >= 11 is 0. The van der Waals surface area contributed by atoms with Gasteiger partial charge in [0, 0.05) is 43.7 Å². The normalized spacial score (nSPS) is 21.7. The number of anilines is 1. The van der Waals surface area contributed by atoms with Crippen LogP contribution in [0.3, 0.4) is 0 Å². The van der Waals surface area contributed by atoms with Gasteiger partial charge in [0.1, 0.15) is 24.4 Å². The fourth-order valence-electron chi connectivity index (χ4n) is 6.46. The van der Waals surface area contributed by atoms with Gasteiger partial charge >= 0.3 is 6.18 Å². The number of aromatic nitrogens is 3. The molecule has 3 saturated heterocycles. The van der Waals surface area contributed by atoms with Crippen LogP contribution in [0.15, 0.2) is 24.5 Å². The van der Waals surface area contributed by atoms with Gasteiger partial charge in [-0.15, -0.1) is 10.2 Å². The van der Waals surface area contributed by atoms with Crippen LogP contribution >= 0.6 is 0 Å². The lowest BCUT2D eigenvalue weighted by Gasteiger charge is -2.54. The Morgan fingerprint density at radius 3 is 2.56 bits per heavy atom. The zero-order chi connectivity index (χ0) is 34.7. The van der Waals surface area contributed by atoms with Crippen LogP contribution in [-0.2, 0) is 14.9 Å². The number of ether oxygens (including phenoxy) is 2.